The molecule has 17 N–H and O–H groups in total. The molecule has 74 heavy (non-hydrogen) atoms. The second-order valence-electron chi connectivity index (χ2n) is 18.7. The molecular weight excluding hydrogens is 995 g/mol. The Morgan fingerprint density at radius 1 is 0.770 bits per heavy atom. The van der Waals surface area contributed by atoms with Crippen molar-refractivity contribution >= 4 is 79.7 Å². The summed E-state index contributed by atoms with van der Waals surface area (Å²) in [7, 11) is 1.94. The van der Waals surface area contributed by atoms with Crippen molar-refractivity contribution in [3.63, 3.8) is 0 Å². The third-order valence-corrected chi connectivity index (χ3v) is 15.5. The summed E-state index contributed by atoms with van der Waals surface area (Å²) in [5.74, 6) is -7.70. The number of nitrogens with one attached hydrogen (secondary N) is 8. The first-order valence-electron chi connectivity index (χ1n) is 24.0. The predicted molar refractivity (Wildman–Crippen MR) is 280 cm³/mol. The van der Waals surface area contributed by atoms with E-state index in [1.165, 1.54) is 52.0 Å². The van der Waals surface area contributed by atoms with E-state index in [4.69, 9.17) is 17.2 Å². The van der Waals surface area contributed by atoms with Crippen LogP contribution >= 0.6 is 21.6 Å². The maximum Gasteiger partial charge on any atom is 0.245 e. The molecule has 1 aliphatic rings. The van der Waals surface area contributed by atoms with Crippen LogP contribution in [0.1, 0.15) is 57.2 Å². The quantitative estimate of drug-likeness (QED) is 0.0585. The first-order chi connectivity index (χ1) is 35.1. The number of aliphatic hydroxyl groups excluding tert-OH is 2. The van der Waals surface area contributed by atoms with Crippen molar-refractivity contribution in [2.24, 2.45) is 17.2 Å². The smallest absolute Gasteiger partial charge is 0.245 e. The van der Waals surface area contributed by atoms with Crippen molar-refractivity contribution in [1.29, 1.82) is 0 Å². The number of hydrogen-bond acceptors (Lipinski definition) is 15. The fraction of sp³-hybridized carbons (Fsp3) is 0.440. The number of amides is 8. The number of benzene rings is 3. The van der Waals surface area contributed by atoms with E-state index < -0.39 is 113 Å². The van der Waals surface area contributed by atoms with Gasteiger partial charge in [0.2, 0.25) is 47.3 Å². The van der Waals surface area contributed by atoms with Gasteiger partial charge in [-0.3, -0.25) is 38.4 Å². The van der Waals surface area contributed by atoms with Crippen molar-refractivity contribution in [2.45, 2.75) is 125 Å². The summed E-state index contributed by atoms with van der Waals surface area (Å²) >= 11 is 0. The van der Waals surface area contributed by atoms with Crippen molar-refractivity contribution in [1.82, 2.24) is 42.2 Å². The second kappa shape index (κ2) is 27.0. The van der Waals surface area contributed by atoms with Crippen LogP contribution in [0.25, 0.3) is 10.9 Å². The summed E-state index contributed by atoms with van der Waals surface area (Å²) in [4.78, 5) is 116. The highest BCUT2D eigenvalue weighted by Crippen LogP contribution is 2.39. The zero-order valence-corrected chi connectivity index (χ0v) is 43.1. The number of phenolic OH excluding ortho intramolecular Hbond substituents is 1. The topological polar surface area (TPSA) is 375 Å². The van der Waals surface area contributed by atoms with Gasteiger partial charge in [0.25, 0.3) is 0 Å². The number of phenols is 1. The number of aromatic hydroxyl groups is 1. The molecule has 10 atom stereocenters. The predicted octanol–water partition coefficient (Wildman–Crippen LogP) is -1.22. The van der Waals surface area contributed by atoms with E-state index in [1.807, 2.05) is 18.2 Å². The van der Waals surface area contributed by atoms with Crippen LogP contribution in [0.15, 0.2) is 85.1 Å². The molecule has 8 amide bonds. The lowest BCUT2D eigenvalue weighted by atomic mass is 9.99. The van der Waals surface area contributed by atoms with Crippen LogP contribution < -0.4 is 54.4 Å². The zero-order valence-electron chi connectivity index (χ0n) is 41.5. The third-order valence-electron chi connectivity index (χ3n) is 12.2. The Morgan fingerprint density at radius 2 is 1.38 bits per heavy atom. The number of carbonyl (C=O) groups is 8. The van der Waals surface area contributed by atoms with Crippen LogP contribution in [0.4, 0.5) is 0 Å². The number of rotatable bonds is 16. The lowest BCUT2D eigenvalue weighted by Gasteiger charge is -2.36. The number of aromatic amines is 1. The Hall–Kier alpha value is -6.70. The molecule has 0 bridgehead atoms. The van der Waals surface area contributed by atoms with Crippen LogP contribution in [0.5, 0.6) is 5.75 Å². The largest absolute Gasteiger partial charge is 0.508 e. The van der Waals surface area contributed by atoms with Gasteiger partial charge in [-0.25, -0.2) is 0 Å². The fourth-order valence-electron chi connectivity index (χ4n) is 8.05. The van der Waals surface area contributed by atoms with Gasteiger partial charge in [0, 0.05) is 40.4 Å². The van der Waals surface area contributed by atoms with E-state index >= 15 is 0 Å². The summed E-state index contributed by atoms with van der Waals surface area (Å²) in [6.07, 6.45) is -1.53. The van der Waals surface area contributed by atoms with Gasteiger partial charge in [0.1, 0.15) is 48.0 Å². The number of H-pyrrole nitrogens is 1. The molecule has 24 heteroatoms. The Kier molecular flexibility index (Phi) is 21.2. The molecule has 5 rings (SSSR count). The van der Waals surface area contributed by atoms with E-state index in [9.17, 15) is 53.7 Å². The highest BCUT2D eigenvalue weighted by atomic mass is 33.1. The normalized spacial score (nSPS) is 23.1. The van der Waals surface area contributed by atoms with Gasteiger partial charge in [-0.2, -0.15) is 0 Å². The molecule has 400 valence electrons. The average Bonchev–Trinajstić information content (AvgIpc) is 3.76. The van der Waals surface area contributed by atoms with Gasteiger partial charge in [-0.15, -0.1) is 0 Å². The average molecular weight is 1060 g/mol. The standard InChI is InChI=1S/C50H67N11O11S2/c1-26(62)39(42(53)65)59-49(72)41-50(3,4)74-73-25-38(58-43(66)33(52)21-28-11-6-5-7-12-28)47(70)56-36(22-29-16-18-31(64)19-17-29)45(68)57-37(23-30-24-54-34-14-9-8-13-32(30)34)46(69)55-35(15-10-20-51)44(67)60-40(27(2)63)48(71)61-41/h5-9,11-14,16-19,24,26-27,33,35-41,54,62-64H,10,15,20-23,25,51-52H2,1-4H3,(H2,53,65)(H,55,69)(H,56,70)(H,57,68)(H,58,66)(H,59,72)(H,60,67)(H,61,71)/t26-,27-,33-,35?,36?,37+,38+,39+,40?,41-/m1/s1. The van der Waals surface area contributed by atoms with Crippen LogP contribution in [0.2, 0.25) is 0 Å². The van der Waals surface area contributed by atoms with Crippen molar-refractivity contribution in [3.05, 3.63) is 102 Å². The van der Waals surface area contributed by atoms with E-state index in [-0.39, 0.29) is 50.2 Å². The van der Waals surface area contributed by atoms with Gasteiger partial charge in [-0.1, -0.05) is 82.3 Å². The van der Waals surface area contributed by atoms with Gasteiger partial charge in [0.05, 0.1) is 18.2 Å². The van der Waals surface area contributed by atoms with E-state index in [1.54, 1.807) is 42.6 Å². The van der Waals surface area contributed by atoms with Gasteiger partial charge in [-0.05, 0) is 88.4 Å². The molecular formula is C50H67N11O11S2. The molecule has 1 aromatic heterocycles. The fourth-order valence-corrected chi connectivity index (χ4v) is 10.9. The number of aliphatic hydroxyl groups is 2. The lowest BCUT2D eigenvalue weighted by molar-refractivity contribution is -0.137. The summed E-state index contributed by atoms with van der Waals surface area (Å²) in [6.45, 7) is 5.57. The molecule has 1 fully saturated rings. The molecule has 3 unspecified atom stereocenters. The molecule has 0 radical (unpaired) electrons. The van der Waals surface area contributed by atoms with E-state index in [0.717, 1.165) is 38.1 Å². The second-order valence-corrected chi connectivity index (χ2v) is 21.7. The third kappa shape index (κ3) is 16.4. The number of carbonyl (C=O) groups excluding carboxylic acids is 8. The van der Waals surface area contributed by atoms with Crippen LogP contribution in [-0.4, -0.2) is 145 Å². The summed E-state index contributed by atoms with van der Waals surface area (Å²) in [6, 6.07) is 10.1. The molecule has 1 aliphatic heterocycles. The Bertz CT molecular complexity index is 2600. The van der Waals surface area contributed by atoms with Crippen LogP contribution in [0, 0.1) is 0 Å². The van der Waals surface area contributed by atoms with Crippen molar-refractivity contribution in [3.8, 4) is 5.75 Å². The number of aromatic nitrogens is 1. The minimum absolute atomic E-state index is 0.0658. The minimum atomic E-state index is -1.76. The number of para-hydroxylation sites is 1. The molecule has 1 saturated heterocycles. The molecule has 3 aromatic carbocycles. The molecule has 0 spiro atoms. The SMILES string of the molecule is C[C@@H](O)C1NC(=O)C(CCCN)NC(=O)[C@H](Cc2c[nH]c3ccccc23)NC(=O)C(Cc2ccc(O)cc2)NC(=O)[C@@H](NC(=O)[C@H](N)Cc2ccccc2)CSSC(C)(C)[C@@H](C(=O)N[C@H](C(N)=O)[C@@H](C)O)NC1=O. The molecule has 0 saturated carbocycles. The number of nitrogens with two attached hydrogens (primary N) is 3. The molecule has 22 nitrogen and oxygen atoms in total. The van der Waals surface area contributed by atoms with E-state index in [2.05, 4.69) is 42.2 Å². The van der Waals surface area contributed by atoms with Gasteiger partial charge >= 0.3 is 0 Å². The Labute approximate surface area is 436 Å². The minimum Gasteiger partial charge on any atom is -0.508 e. The lowest BCUT2D eigenvalue weighted by Crippen LogP contribution is -2.65. The molecule has 0 aliphatic carbocycles. The van der Waals surface area contributed by atoms with Crippen LogP contribution in [0.3, 0.4) is 0 Å². The zero-order chi connectivity index (χ0) is 54.3. The molecule has 2 heterocycles. The molecule has 4 aromatic rings. The van der Waals surface area contributed by atoms with Crippen molar-refractivity contribution in [2.75, 3.05) is 12.3 Å². The monoisotopic (exact) mass is 1060 g/mol. The summed E-state index contributed by atoms with van der Waals surface area (Å²) in [5.41, 5.74) is 20.3. The highest BCUT2D eigenvalue weighted by Gasteiger charge is 2.43. The van der Waals surface area contributed by atoms with Gasteiger partial charge in [0.15, 0.2) is 0 Å². The van der Waals surface area contributed by atoms with Crippen LogP contribution in [-0.2, 0) is 57.6 Å². The summed E-state index contributed by atoms with van der Waals surface area (Å²) < 4.78 is -1.42. The maximum atomic E-state index is 14.8. The van der Waals surface area contributed by atoms with Gasteiger partial charge < -0.3 is 74.7 Å². The van der Waals surface area contributed by atoms with Crippen molar-refractivity contribution < 1.29 is 53.7 Å². The van der Waals surface area contributed by atoms with E-state index in [0.29, 0.717) is 11.1 Å². The first-order valence-corrected chi connectivity index (χ1v) is 26.3. The Morgan fingerprint density at radius 3 is 2.01 bits per heavy atom. The maximum absolute atomic E-state index is 14.8. The first kappa shape index (κ1) is 58.2. The number of fused-ring (bicyclic) bond motifs is 1. The Balaban J connectivity index is 1.62. The summed E-state index contributed by atoms with van der Waals surface area (Å²) in [5, 5.41) is 50.5. The number of primary amides is 1. The highest BCUT2D eigenvalue weighted by molar-refractivity contribution is 8.77. The number of hydrogen-bond donors (Lipinski definition) is 14.